The SMILES string of the molecule is Cn1cc(-c2cnc3[nH]c4cnc(N)c(OC5CCNC5)c4c3c2)cn1. The number of nitrogen functional groups attached to an aromatic ring is 1. The molecule has 1 saturated heterocycles. The second-order valence-corrected chi connectivity index (χ2v) is 6.64. The van der Waals surface area contributed by atoms with Crippen molar-refractivity contribution >= 4 is 27.8 Å². The smallest absolute Gasteiger partial charge is 0.171 e. The zero-order valence-corrected chi connectivity index (χ0v) is 14.4. The third-order valence-electron chi connectivity index (χ3n) is 4.81. The molecule has 5 rings (SSSR count). The maximum absolute atomic E-state index is 6.22. The first-order chi connectivity index (χ1) is 12.7. The highest BCUT2D eigenvalue weighted by atomic mass is 16.5. The van der Waals surface area contributed by atoms with Crippen LogP contribution >= 0.6 is 0 Å². The molecule has 8 nitrogen and oxygen atoms in total. The van der Waals surface area contributed by atoms with Gasteiger partial charge in [0.15, 0.2) is 11.6 Å². The van der Waals surface area contributed by atoms with Crippen LogP contribution in [-0.2, 0) is 7.05 Å². The van der Waals surface area contributed by atoms with E-state index in [-0.39, 0.29) is 6.10 Å². The van der Waals surface area contributed by atoms with Gasteiger partial charge in [0.25, 0.3) is 0 Å². The Kier molecular flexibility index (Phi) is 3.32. The highest BCUT2D eigenvalue weighted by Crippen LogP contribution is 2.37. The molecule has 0 aliphatic carbocycles. The van der Waals surface area contributed by atoms with Crippen molar-refractivity contribution in [2.24, 2.45) is 7.05 Å². The average molecular weight is 349 g/mol. The van der Waals surface area contributed by atoms with Crippen LogP contribution in [-0.4, -0.2) is 43.9 Å². The molecule has 0 radical (unpaired) electrons. The van der Waals surface area contributed by atoms with Gasteiger partial charge in [-0.2, -0.15) is 5.10 Å². The minimum Gasteiger partial charge on any atom is -0.484 e. The number of aryl methyl sites for hydroxylation is 1. The number of H-pyrrole nitrogens is 1. The summed E-state index contributed by atoms with van der Waals surface area (Å²) >= 11 is 0. The van der Waals surface area contributed by atoms with Crippen LogP contribution in [0.5, 0.6) is 5.75 Å². The van der Waals surface area contributed by atoms with Crippen LogP contribution in [0.2, 0.25) is 0 Å². The molecule has 1 aliphatic rings. The first kappa shape index (κ1) is 15.2. The maximum atomic E-state index is 6.22. The van der Waals surface area contributed by atoms with Gasteiger partial charge in [-0.05, 0) is 19.0 Å². The van der Waals surface area contributed by atoms with E-state index >= 15 is 0 Å². The monoisotopic (exact) mass is 349 g/mol. The largest absolute Gasteiger partial charge is 0.484 e. The molecule has 4 aromatic rings. The molecule has 0 spiro atoms. The van der Waals surface area contributed by atoms with E-state index in [2.05, 4.69) is 31.4 Å². The fourth-order valence-electron chi connectivity index (χ4n) is 3.50. The molecule has 0 amide bonds. The number of rotatable bonds is 3. The Morgan fingerprint density at radius 1 is 1.23 bits per heavy atom. The summed E-state index contributed by atoms with van der Waals surface area (Å²) in [7, 11) is 1.90. The van der Waals surface area contributed by atoms with Gasteiger partial charge in [-0.15, -0.1) is 0 Å². The summed E-state index contributed by atoms with van der Waals surface area (Å²) in [5, 5.41) is 9.45. The van der Waals surface area contributed by atoms with Crippen molar-refractivity contribution in [2.45, 2.75) is 12.5 Å². The van der Waals surface area contributed by atoms with E-state index < -0.39 is 0 Å². The van der Waals surface area contributed by atoms with Gasteiger partial charge in [0.05, 0.1) is 23.3 Å². The van der Waals surface area contributed by atoms with Gasteiger partial charge < -0.3 is 20.8 Å². The number of hydrogen-bond donors (Lipinski definition) is 3. The molecule has 8 heteroatoms. The number of pyridine rings is 2. The lowest BCUT2D eigenvalue weighted by Crippen LogP contribution is -2.20. The quantitative estimate of drug-likeness (QED) is 0.521. The van der Waals surface area contributed by atoms with Crippen molar-refractivity contribution in [3.8, 4) is 16.9 Å². The van der Waals surface area contributed by atoms with Gasteiger partial charge in [0.2, 0.25) is 0 Å². The number of nitrogens with one attached hydrogen (secondary N) is 2. The van der Waals surface area contributed by atoms with E-state index in [0.717, 1.165) is 52.6 Å². The second-order valence-electron chi connectivity index (χ2n) is 6.64. The maximum Gasteiger partial charge on any atom is 0.171 e. The minimum absolute atomic E-state index is 0.101. The number of ether oxygens (including phenoxy) is 1. The van der Waals surface area contributed by atoms with Gasteiger partial charge in [-0.3, -0.25) is 4.68 Å². The summed E-state index contributed by atoms with van der Waals surface area (Å²) in [4.78, 5) is 12.2. The molecule has 4 aromatic heterocycles. The lowest BCUT2D eigenvalue weighted by Gasteiger charge is -2.15. The van der Waals surface area contributed by atoms with E-state index in [1.807, 2.05) is 25.6 Å². The fourth-order valence-corrected chi connectivity index (χ4v) is 3.50. The van der Waals surface area contributed by atoms with Crippen LogP contribution in [0.25, 0.3) is 33.1 Å². The van der Waals surface area contributed by atoms with Crippen molar-refractivity contribution in [1.82, 2.24) is 30.0 Å². The summed E-state index contributed by atoms with van der Waals surface area (Å²) in [6.45, 7) is 1.77. The Morgan fingerprint density at radius 3 is 2.92 bits per heavy atom. The highest BCUT2D eigenvalue weighted by Gasteiger charge is 2.21. The molecule has 1 aliphatic heterocycles. The summed E-state index contributed by atoms with van der Waals surface area (Å²) in [6.07, 6.45) is 8.43. The molecule has 0 bridgehead atoms. The van der Waals surface area contributed by atoms with Crippen molar-refractivity contribution in [3.63, 3.8) is 0 Å². The van der Waals surface area contributed by atoms with Crippen molar-refractivity contribution in [2.75, 3.05) is 18.8 Å². The lowest BCUT2D eigenvalue weighted by atomic mass is 10.1. The first-order valence-electron chi connectivity index (χ1n) is 8.61. The predicted octanol–water partition coefficient (Wildman–Crippen LogP) is 1.83. The topological polar surface area (TPSA) is 107 Å². The number of nitrogens with zero attached hydrogens (tertiary/aromatic N) is 4. The van der Waals surface area contributed by atoms with Gasteiger partial charge >= 0.3 is 0 Å². The Labute approximate surface area is 149 Å². The molecule has 0 aromatic carbocycles. The summed E-state index contributed by atoms with van der Waals surface area (Å²) in [5.74, 6) is 1.03. The van der Waals surface area contributed by atoms with E-state index in [4.69, 9.17) is 10.5 Å². The fraction of sp³-hybridized carbons (Fsp3) is 0.278. The van der Waals surface area contributed by atoms with Gasteiger partial charge in [0, 0.05) is 42.5 Å². The molecule has 1 fully saturated rings. The molecular formula is C18H19N7O. The van der Waals surface area contributed by atoms with E-state index in [9.17, 15) is 0 Å². The third-order valence-corrected chi connectivity index (χ3v) is 4.81. The Morgan fingerprint density at radius 2 is 2.15 bits per heavy atom. The van der Waals surface area contributed by atoms with Crippen LogP contribution in [0.4, 0.5) is 5.82 Å². The Hall–Kier alpha value is -3.13. The van der Waals surface area contributed by atoms with Crippen LogP contribution < -0.4 is 15.8 Å². The molecule has 26 heavy (non-hydrogen) atoms. The lowest BCUT2D eigenvalue weighted by molar-refractivity contribution is 0.227. The molecule has 132 valence electrons. The van der Waals surface area contributed by atoms with E-state index in [0.29, 0.717) is 11.6 Å². The number of fused-ring (bicyclic) bond motifs is 3. The van der Waals surface area contributed by atoms with E-state index in [1.165, 1.54) is 0 Å². The Bertz CT molecular complexity index is 1110. The molecule has 4 N–H and O–H groups in total. The number of hydrogen-bond acceptors (Lipinski definition) is 6. The van der Waals surface area contributed by atoms with E-state index in [1.54, 1.807) is 10.9 Å². The van der Waals surface area contributed by atoms with Gasteiger partial charge in [-0.1, -0.05) is 0 Å². The zero-order valence-electron chi connectivity index (χ0n) is 14.4. The average Bonchev–Trinajstić information content (AvgIpc) is 3.36. The van der Waals surface area contributed by atoms with Crippen molar-refractivity contribution < 1.29 is 4.74 Å². The van der Waals surface area contributed by atoms with Crippen molar-refractivity contribution in [3.05, 3.63) is 30.9 Å². The molecule has 5 heterocycles. The van der Waals surface area contributed by atoms with Crippen LogP contribution in [0, 0.1) is 0 Å². The molecule has 0 saturated carbocycles. The van der Waals surface area contributed by atoms with Gasteiger partial charge in [-0.25, -0.2) is 9.97 Å². The number of anilines is 1. The summed E-state index contributed by atoms with van der Waals surface area (Å²) in [6, 6.07) is 2.09. The second kappa shape index (κ2) is 5.70. The highest BCUT2D eigenvalue weighted by molar-refractivity contribution is 6.11. The van der Waals surface area contributed by atoms with Crippen LogP contribution in [0.15, 0.2) is 30.9 Å². The Balaban J connectivity index is 1.71. The minimum atomic E-state index is 0.101. The summed E-state index contributed by atoms with van der Waals surface area (Å²) in [5.41, 5.74) is 9.83. The number of aromatic amines is 1. The van der Waals surface area contributed by atoms with Crippen LogP contribution in [0.3, 0.4) is 0 Å². The van der Waals surface area contributed by atoms with Crippen LogP contribution in [0.1, 0.15) is 6.42 Å². The molecular weight excluding hydrogens is 330 g/mol. The normalized spacial score (nSPS) is 17.3. The molecule has 1 unspecified atom stereocenters. The number of nitrogens with two attached hydrogens (primary N) is 1. The third kappa shape index (κ3) is 2.38. The standard InChI is InChI=1S/C18H19N7O/c1-25-9-11(6-23-25)10-4-13-15-14(24-18(13)22-5-10)8-21-17(19)16(15)26-12-2-3-20-7-12/h4-6,8-9,12,20H,2-3,7H2,1H3,(H2,19,21)(H,22,24). The number of aromatic nitrogens is 5. The predicted molar refractivity (Wildman–Crippen MR) is 99.9 cm³/mol. The van der Waals surface area contributed by atoms with Gasteiger partial charge in [0.1, 0.15) is 11.8 Å². The first-order valence-corrected chi connectivity index (χ1v) is 8.61. The molecule has 1 atom stereocenters. The zero-order chi connectivity index (χ0) is 17.7. The summed E-state index contributed by atoms with van der Waals surface area (Å²) < 4.78 is 8.00. The van der Waals surface area contributed by atoms with Crippen molar-refractivity contribution in [1.29, 1.82) is 0 Å².